The van der Waals surface area contributed by atoms with Crippen LogP contribution in [0.25, 0.3) is 11.1 Å². The first-order valence-corrected chi connectivity index (χ1v) is 8.97. The molecule has 2 aromatic carbocycles. The van der Waals surface area contributed by atoms with Gasteiger partial charge in [0.05, 0.1) is 5.41 Å². The van der Waals surface area contributed by atoms with Gasteiger partial charge in [-0.2, -0.15) is 0 Å². The molecule has 0 aliphatic carbocycles. The first-order valence-electron chi connectivity index (χ1n) is 8.97. The summed E-state index contributed by atoms with van der Waals surface area (Å²) in [6.07, 6.45) is 2.34. The van der Waals surface area contributed by atoms with Gasteiger partial charge in [-0.25, -0.2) is 4.39 Å². The van der Waals surface area contributed by atoms with Gasteiger partial charge in [-0.1, -0.05) is 25.1 Å². The van der Waals surface area contributed by atoms with Crippen LogP contribution < -0.4 is 5.32 Å². The summed E-state index contributed by atoms with van der Waals surface area (Å²) in [4.78, 5) is 15.0. The summed E-state index contributed by atoms with van der Waals surface area (Å²) in [7, 11) is 2.09. The Bertz CT molecular complexity index is 838. The topological polar surface area (TPSA) is 32.3 Å². The largest absolute Gasteiger partial charge is 0.325 e. The van der Waals surface area contributed by atoms with E-state index in [1.54, 1.807) is 6.07 Å². The molecule has 4 rings (SSSR count). The highest BCUT2D eigenvalue weighted by Crippen LogP contribution is 2.46. The summed E-state index contributed by atoms with van der Waals surface area (Å²) in [5.74, 6) is -0.0519. The van der Waals surface area contributed by atoms with Crippen molar-refractivity contribution >= 4 is 11.6 Å². The van der Waals surface area contributed by atoms with Crippen LogP contribution in [0.1, 0.15) is 30.9 Å². The molecule has 2 aliphatic rings. The Morgan fingerprint density at radius 3 is 2.48 bits per heavy atom. The number of benzene rings is 2. The maximum atomic E-state index is 14.2. The Hall–Kier alpha value is -2.20. The first kappa shape index (κ1) is 16.3. The predicted molar refractivity (Wildman–Crippen MR) is 98.3 cm³/mol. The second-order valence-electron chi connectivity index (χ2n) is 7.26. The van der Waals surface area contributed by atoms with Crippen LogP contribution in [0.3, 0.4) is 0 Å². The molecule has 1 fully saturated rings. The zero-order chi connectivity index (χ0) is 17.6. The molecule has 0 bridgehead atoms. The van der Waals surface area contributed by atoms with E-state index in [1.165, 1.54) is 0 Å². The number of piperidine rings is 1. The standard InChI is InChI=1S/C21H23FN2O/c1-3-14-4-5-16(13-18(14)22)15-6-7-19-17(12-15)21(20(25)23-19)8-10-24(2)11-9-21/h4-7,12-13H,3,8-11H2,1-2H3,(H,23,25). The molecule has 0 unspecified atom stereocenters. The molecule has 2 heterocycles. The Balaban J connectivity index is 1.76. The van der Waals surface area contributed by atoms with Crippen molar-refractivity contribution in [3.63, 3.8) is 0 Å². The summed E-state index contributed by atoms with van der Waals surface area (Å²) in [5.41, 5.74) is 4.11. The molecule has 1 N–H and O–H groups in total. The molecule has 0 atom stereocenters. The number of anilines is 1. The average Bonchev–Trinajstić information content (AvgIpc) is 2.88. The van der Waals surface area contributed by atoms with Crippen molar-refractivity contribution in [1.29, 1.82) is 0 Å². The summed E-state index contributed by atoms with van der Waals surface area (Å²) in [6, 6.07) is 11.4. The van der Waals surface area contributed by atoms with Gasteiger partial charge in [-0.3, -0.25) is 4.79 Å². The van der Waals surface area contributed by atoms with E-state index < -0.39 is 5.41 Å². The van der Waals surface area contributed by atoms with Gasteiger partial charge in [-0.05, 0) is 79.9 Å². The van der Waals surface area contributed by atoms with E-state index in [0.717, 1.165) is 53.9 Å². The number of likely N-dealkylation sites (tertiary alicyclic amines) is 1. The quantitative estimate of drug-likeness (QED) is 0.898. The maximum absolute atomic E-state index is 14.2. The molecule has 1 saturated heterocycles. The van der Waals surface area contributed by atoms with Gasteiger partial charge in [0.1, 0.15) is 5.82 Å². The normalized spacial score (nSPS) is 19.1. The van der Waals surface area contributed by atoms with E-state index in [9.17, 15) is 9.18 Å². The minimum atomic E-state index is -0.431. The van der Waals surface area contributed by atoms with Gasteiger partial charge in [0, 0.05) is 5.69 Å². The first-order chi connectivity index (χ1) is 12.0. The van der Waals surface area contributed by atoms with Gasteiger partial charge in [0.25, 0.3) is 0 Å². The molecule has 1 spiro atoms. The highest BCUT2D eigenvalue weighted by molar-refractivity contribution is 6.06. The summed E-state index contributed by atoms with van der Waals surface area (Å²) in [6.45, 7) is 3.78. The second kappa shape index (κ2) is 5.95. The van der Waals surface area contributed by atoms with Crippen molar-refractivity contribution < 1.29 is 9.18 Å². The van der Waals surface area contributed by atoms with Crippen LogP contribution in [0.15, 0.2) is 36.4 Å². The Labute approximate surface area is 147 Å². The maximum Gasteiger partial charge on any atom is 0.235 e. The number of halogens is 1. The number of hydrogen-bond donors (Lipinski definition) is 1. The monoisotopic (exact) mass is 338 g/mol. The molecule has 2 aliphatic heterocycles. The summed E-state index contributed by atoms with van der Waals surface area (Å²) in [5, 5.41) is 3.05. The second-order valence-corrected chi connectivity index (χ2v) is 7.26. The fraction of sp³-hybridized carbons (Fsp3) is 0.381. The van der Waals surface area contributed by atoms with E-state index in [2.05, 4.69) is 23.3 Å². The average molecular weight is 338 g/mol. The summed E-state index contributed by atoms with van der Waals surface area (Å²) < 4.78 is 14.2. The molecule has 4 heteroatoms. The van der Waals surface area contributed by atoms with E-state index in [0.29, 0.717) is 6.42 Å². The lowest BCUT2D eigenvalue weighted by Crippen LogP contribution is -2.45. The number of amides is 1. The third-order valence-corrected chi connectivity index (χ3v) is 5.83. The fourth-order valence-corrected chi connectivity index (χ4v) is 4.10. The van der Waals surface area contributed by atoms with Crippen LogP contribution in [0, 0.1) is 5.82 Å². The molecular weight excluding hydrogens is 315 g/mol. The molecule has 25 heavy (non-hydrogen) atoms. The lowest BCUT2D eigenvalue weighted by Gasteiger charge is -2.36. The van der Waals surface area contributed by atoms with Crippen LogP contribution in [-0.2, 0) is 16.6 Å². The SMILES string of the molecule is CCc1ccc(-c2ccc3c(c2)C2(CCN(C)CC2)C(=O)N3)cc1F. The molecule has 0 saturated carbocycles. The minimum Gasteiger partial charge on any atom is -0.325 e. The number of carbonyl (C=O) groups is 1. The van der Waals surface area contributed by atoms with E-state index in [-0.39, 0.29) is 11.7 Å². The van der Waals surface area contributed by atoms with E-state index in [4.69, 9.17) is 0 Å². The number of carbonyl (C=O) groups excluding carboxylic acids is 1. The van der Waals surface area contributed by atoms with Crippen molar-refractivity contribution in [3.8, 4) is 11.1 Å². The number of rotatable bonds is 2. The highest BCUT2D eigenvalue weighted by atomic mass is 19.1. The Morgan fingerprint density at radius 1 is 1.12 bits per heavy atom. The number of fused-ring (bicyclic) bond motifs is 2. The Morgan fingerprint density at radius 2 is 1.80 bits per heavy atom. The van der Waals surface area contributed by atoms with Crippen LogP contribution in [0.2, 0.25) is 0 Å². The molecule has 3 nitrogen and oxygen atoms in total. The number of aryl methyl sites for hydroxylation is 1. The van der Waals surface area contributed by atoms with Gasteiger partial charge in [0.2, 0.25) is 5.91 Å². The lowest BCUT2D eigenvalue weighted by molar-refractivity contribution is -0.122. The third-order valence-electron chi connectivity index (χ3n) is 5.83. The van der Waals surface area contributed by atoms with Crippen molar-refractivity contribution in [2.75, 3.05) is 25.5 Å². The highest BCUT2D eigenvalue weighted by Gasteiger charge is 2.48. The van der Waals surface area contributed by atoms with Crippen molar-refractivity contribution in [2.45, 2.75) is 31.6 Å². The molecule has 0 aromatic heterocycles. The van der Waals surface area contributed by atoms with Crippen LogP contribution in [0.4, 0.5) is 10.1 Å². The van der Waals surface area contributed by atoms with Crippen LogP contribution in [0.5, 0.6) is 0 Å². The minimum absolute atomic E-state index is 0.111. The Kier molecular flexibility index (Phi) is 3.88. The van der Waals surface area contributed by atoms with Gasteiger partial charge >= 0.3 is 0 Å². The zero-order valence-electron chi connectivity index (χ0n) is 14.7. The zero-order valence-corrected chi connectivity index (χ0v) is 14.7. The smallest absolute Gasteiger partial charge is 0.235 e. The van der Waals surface area contributed by atoms with E-state index >= 15 is 0 Å². The van der Waals surface area contributed by atoms with Crippen molar-refractivity contribution in [1.82, 2.24) is 4.90 Å². The molecule has 130 valence electrons. The van der Waals surface area contributed by atoms with Gasteiger partial charge < -0.3 is 10.2 Å². The van der Waals surface area contributed by atoms with Gasteiger partial charge in [-0.15, -0.1) is 0 Å². The van der Waals surface area contributed by atoms with Gasteiger partial charge in [0.15, 0.2) is 0 Å². The van der Waals surface area contributed by atoms with Crippen LogP contribution >= 0.6 is 0 Å². The number of nitrogens with zero attached hydrogens (tertiary/aromatic N) is 1. The molecular formula is C21H23FN2O. The van der Waals surface area contributed by atoms with Crippen LogP contribution in [-0.4, -0.2) is 30.9 Å². The molecule has 2 aromatic rings. The summed E-state index contributed by atoms with van der Waals surface area (Å²) >= 11 is 0. The van der Waals surface area contributed by atoms with Crippen molar-refractivity contribution in [2.24, 2.45) is 0 Å². The van der Waals surface area contributed by atoms with Crippen molar-refractivity contribution in [3.05, 3.63) is 53.3 Å². The predicted octanol–water partition coefficient (Wildman–Crippen LogP) is 3.97. The number of nitrogens with one attached hydrogen (secondary N) is 1. The third kappa shape index (κ3) is 2.56. The molecule has 1 amide bonds. The molecule has 0 radical (unpaired) electrons. The lowest BCUT2D eigenvalue weighted by atomic mass is 9.73. The fourth-order valence-electron chi connectivity index (χ4n) is 4.10. The van der Waals surface area contributed by atoms with E-state index in [1.807, 2.05) is 31.2 Å². The number of hydrogen-bond acceptors (Lipinski definition) is 2.